The molecule has 0 saturated carbocycles. The van der Waals surface area contributed by atoms with Crippen molar-refractivity contribution in [2.75, 3.05) is 31.2 Å². The average molecular weight is 455 g/mol. The van der Waals surface area contributed by atoms with Crippen molar-refractivity contribution in [1.82, 2.24) is 30.2 Å². The van der Waals surface area contributed by atoms with Gasteiger partial charge < -0.3 is 25.2 Å². The van der Waals surface area contributed by atoms with E-state index in [1.807, 2.05) is 12.1 Å². The van der Waals surface area contributed by atoms with Gasteiger partial charge in [-0.3, -0.25) is 5.10 Å². The fraction of sp³-hybridized carbons (Fsp3) is 0.565. The molecule has 178 valence electrons. The Hall–Kier alpha value is -3.14. The highest BCUT2D eigenvalue weighted by Gasteiger charge is 2.24. The summed E-state index contributed by atoms with van der Waals surface area (Å²) in [7, 11) is 2.12. The quantitative estimate of drug-likeness (QED) is 0.465. The third kappa shape index (κ3) is 5.62. The number of aromatic nitrogens is 5. The number of hydrogen-bond acceptors (Lipinski definition) is 9. The Morgan fingerprint density at radius 1 is 1.18 bits per heavy atom. The standard InChI is InChI=1S/C23H34N8O2/c1-13(2)18-12-20(29-28-18)25-21-17(10-16-11-19(14(3)4)30-33-16)22(27-23(24)26-21)32-15-6-8-31(5)9-7-15/h11-15H,6-10H2,1-5H3,(H4,24,25,26,27,28,29). The summed E-state index contributed by atoms with van der Waals surface area (Å²) < 4.78 is 12.0. The van der Waals surface area contributed by atoms with Crippen LogP contribution in [-0.4, -0.2) is 56.5 Å². The Bertz CT molecular complexity index is 1070. The predicted molar refractivity (Wildman–Crippen MR) is 127 cm³/mol. The number of nitrogens with zero attached hydrogens (tertiary/aromatic N) is 5. The van der Waals surface area contributed by atoms with Gasteiger partial charge in [-0.05, 0) is 31.7 Å². The van der Waals surface area contributed by atoms with Gasteiger partial charge in [0, 0.05) is 37.3 Å². The monoisotopic (exact) mass is 454 g/mol. The van der Waals surface area contributed by atoms with Crippen LogP contribution < -0.4 is 15.8 Å². The van der Waals surface area contributed by atoms with Gasteiger partial charge in [0.05, 0.1) is 11.3 Å². The fourth-order valence-electron chi connectivity index (χ4n) is 3.78. The third-order valence-electron chi connectivity index (χ3n) is 5.92. The topological polar surface area (TPSA) is 131 Å². The van der Waals surface area contributed by atoms with Crippen molar-refractivity contribution in [1.29, 1.82) is 0 Å². The molecule has 1 aliphatic heterocycles. The molecule has 3 aromatic heterocycles. The molecule has 0 radical (unpaired) electrons. The number of piperidine rings is 1. The zero-order valence-corrected chi connectivity index (χ0v) is 20.1. The molecule has 10 nitrogen and oxygen atoms in total. The van der Waals surface area contributed by atoms with Crippen LogP contribution in [0.5, 0.6) is 5.88 Å². The molecule has 4 heterocycles. The first-order chi connectivity index (χ1) is 15.8. The van der Waals surface area contributed by atoms with E-state index in [0.29, 0.717) is 35.6 Å². The number of aromatic amines is 1. The van der Waals surface area contributed by atoms with Gasteiger partial charge in [-0.1, -0.05) is 32.9 Å². The highest BCUT2D eigenvalue weighted by molar-refractivity contribution is 5.61. The van der Waals surface area contributed by atoms with Crippen LogP contribution in [0, 0.1) is 0 Å². The van der Waals surface area contributed by atoms with Crippen LogP contribution in [-0.2, 0) is 6.42 Å². The molecule has 0 unspecified atom stereocenters. The minimum absolute atomic E-state index is 0.0704. The lowest BCUT2D eigenvalue weighted by atomic mass is 10.1. The maximum atomic E-state index is 6.38. The van der Waals surface area contributed by atoms with Gasteiger partial charge in [-0.15, -0.1) is 0 Å². The summed E-state index contributed by atoms with van der Waals surface area (Å²) in [5.41, 5.74) is 8.79. The van der Waals surface area contributed by atoms with E-state index in [1.165, 1.54) is 0 Å². The molecule has 0 aliphatic carbocycles. The first-order valence-electron chi connectivity index (χ1n) is 11.6. The van der Waals surface area contributed by atoms with Crippen molar-refractivity contribution in [2.24, 2.45) is 0 Å². The highest BCUT2D eigenvalue weighted by Crippen LogP contribution is 2.32. The lowest BCUT2D eigenvalue weighted by Crippen LogP contribution is -2.36. The second-order valence-electron chi connectivity index (χ2n) is 9.37. The lowest BCUT2D eigenvalue weighted by Gasteiger charge is -2.29. The van der Waals surface area contributed by atoms with E-state index >= 15 is 0 Å². The molecular weight excluding hydrogens is 420 g/mol. The van der Waals surface area contributed by atoms with Gasteiger partial charge in [0.2, 0.25) is 11.8 Å². The van der Waals surface area contributed by atoms with Gasteiger partial charge in [-0.25, -0.2) is 0 Å². The number of likely N-dealkylation sites (tertiary alicyclic amines) is 1. The molecule has 33 heavy (non-hydrogen) atoms. The maximum Gasteiger partial charge on any atom is 0.225 e. The van der Waals surface area contributed by atoms with Crippen molar-refractivity contribution in [3.63, 3.8) is 0 Å². The van der Waals surface area contributed by atoms with Crippen molar-refractivity contribution in [3.05, 3.63) is 34.8 Å². The molecule has 0 aromatic carbocycles. The Morgan fingerprint density at radius 3 is 2.58 bits per heavy atom. The summed E-state index contributed by atoms with van der Waals surface area (Å²) in [6.07, 6.45) is 2.35. The summed E-state index contributed by atoms with van der Waals surface area (Å²) in [5, 5.41) is 14.9. The van der Waals surface area contributed by atoms with Crippen molar-refractivity contribution in [3.8, 4) is 5.88 Å². The molecule has 0 amide bonds. The second kappa shape index (κ2) is 9.78. The number of ether oxygens (including phenoxy) is 1. The van der Waals surface area contributed by atoms with Gasteiger partial charge in [0.1, 0.15) is 17.7 Å². The Kier molecular flexibility index (Phi) is 6.83. The summed E-state index contributed by atoms with van der Waals surface area (Å²) in [4.78, 5) is 11.2. The normalized spacial score (nSPS) is 15.5. The largest absolute Gasteiger partial charge is 0.474 e. The van der Waals surface area contributed by atoms with Crippen molar-refractivity contribution >= 4 is 17.6 Å². The lowest BCUT2D eigenvalue weighted by molar-refractivity contribution is 0.109. The van der Waals surface area contributed by atoms with E-state index in [2.05, 4.69) is 70.3 Å². The van der Waals surface area contributed by atoms with Crippen LogP contribution in [0.1, 0.15) is 75.1 Å². The van der Waals surface area contributed by atoms with E-state index in [1.54, 1.807) is 0 Å². The average Bonchev–Trinajstić information content (AvgIpc) is 3.42. The maximum absolute atomic E-state index is 6.38. The third-order valence-corrected chi connectivity index (χ3v) is 5.92. The summed E-state index contributed by atoms with van der Waals surface area (Å²) in [6.45, 7) is 10.3. The molecule has 4 rings (SSSR count). The zero-order valence-electron chi connectivity index (χ0n) is 20.1. The van der Waals surface area contributed by atoms with E-state index < -0.39 is 0 Å². The molecule has 0 atom stereocenters. The van der Waals surface area contributed by atoms with Gasteiger partial charge in [-0.2, -0.15) is 15.1 Å². The molecule has 1 aliphatic rings. The van der Waals surface area contributed by atoms with E-state index in [-0.39, 0.29) is 18.0 Å². The molecule has 10 heteroatoms. The van der Waals surface area contributed by atoms with Crippen LogP contribution in [0.3, 0.4) is 0 Å². The van der Waals surface area contributed by atoms with Gasteiger partial charge >= 0.3 is 0 Å². The first-order valence-corrected chi connectivity index (χ1v) is 11.6. The second-order valence-corrected chi connectivity index (χ2v) is 9.37. The minimum Gasteiger partial charge on any atom is -0.474 e. The Balaban J connectivity index is 1.67. The zero-order chi connectivity index (χ0) is 23.5. The van der Waals surface area contributed by atoms with E-state index in [9.17, 15) is 0 Å². The number of H-pyrrole nitrogens is 1. The van der Waals surface area contributed by atoms with Crippen LogP contribution >= 0.6 is 0 Å². The summed E-state index contributed by atoms with van der Waals surface area (Å²) in [6, 6.07) is 3.94. The van der Waals surface area contributed by atoms with Gasteiger partial charge in [0.15, 0.2) is 5.82 Å². The highest BCUT2D eigenvalue weighted by atomic mass is 16.5. The van der Waals surface area contributed by atoms with Crippen LogP contribution in [0.4, 0.5) is 17.6 Å². The van der Waals surface area contributed by atoms with Crippen LogP contribution in [0.25, 0.3) is 0 Å². The van der Waals surface area contributed by atoms with E-state index in [4.69, 9.17) is 15.0 Å². The number of nitrogens with two attached hydrogens (primary N) is 1. The van der Waals surface area contributed by atoms with E-state index in [0.717, 1.165) is 42.9 Å². The number of anilines is 3. The molecule has 0 bridgehead atoms. The minimum atomic E-state index is 0.0704. The number of nitrogen functional groups attached to an aromatic ring is 1. The molecule has 3 aromatic rings. The summed E-state index contributed by atoms with van der Waals surface area (Å²) >= 11 is 0. The molecule has 0 spiro atoms. The predicted octanol–water partition coefficient (Wildman–Crippen LogP) is 3.82. The molecule has 1 fully saturated rings. The van der Waals surface area contributed by atoms with Crippen LogP contribution in [0.15, 0.2) is 16.7 Å². The summed E-state index contributed by atoms with van der Waals surface area (Å²) in [5.74, 6) is 3.14. The SMILES string of the molecule is CC(C)c1cc(Cc2c(Nc3cc(C(C)C)[nH]n3)nc(N)nc2OC2CCN(C)CC2)on1. The fourth-order valence-corrected chi connectivity index (χ4v) is 3.78. The van der Waals surface area contributed by atoms with Crippen LogP contribution in [0.2, 0.25) is 0 Å². The molecule has 4 N–H and O–H groups in total. The number of hydrogen-bond donors (Lipinski definition) is 3. The van der Waals surface area contributed by atoms with Crippen molar-refractivity contribution in [2.45, 2.75) is 64.9 Å². The number of nitrogens with one attached hydrogen (secondary N) is 2. The molecule has 1 saturated heterocycles. The Morgan fingerprint density at radius 2 is 1.94 bits per heavy atom. The smallest absolute Gasteiger partial charge is 0.225 e. The van der Waals surface area contributed by atoms with Gasteiger partial charge in [0.25, 0.3) is 0 Å². The number of rotatable bonds is 8. The molecular formula is C23H34N8O2. The Labute approximate surface area is 194 Å². The van der Waals surface area contributed by atoms with Crippen molar-refractivity contribution < 1.29 is 9.26 Å². The first kappa shape index (κ1) is 23.0.